The summed E-state index contributed by atoms with van der Waals surface area (Å²) in [6.07, 6.45) is 0.239. The van der Waals surface area contributed by atoms with Gasteiger partial charge in [0.1, 0.15) is 0 Å². The molecule has 0 saturated carbocycles. The van der Waals surface area contributed by atoms with E-state index in [1.807, 2.05) is 19.9 Å². The SMILES string of the molecule is CC(C)CC(O)CNC(=O)C1CC(=O)N(c2ccccc2Cl)C1. The molecule has 1 aliphatic rings. The molecule has 6 heteroatoms. The van der Waals surface area contributed by atoms with Crippen LogP contribution in [0.25, 0.3) is 0 Å². The highest BCUT2D eigenvalue weighted by atomic mass is 35.5. The van der Waals surface area contributed by atoms with Crippen molar-refractivity contribution in [1.29, 1.82) is 0 Å². The molecule has 0 spiro atoms. The molecule has 2 atom stereocenters. The number of benzene rings is 1. The number of nitrogens with zero attached hydrogens (tertiary/aromatic N) is 1. The lowest BCUT2D eigenvalue weighted by Gasteiger charge is -2.18. The molecule has 2 rings (SSSR count). The van der Waals surface area contributed by atoms with E-state index in [4.69, 9.17) is 11.6 Å². The largest absolute Gasteiger partial charge is 0.391 e. The fraction of sp³-hybridized carbons (Fsp3) is 0.529. The van der Waals surface area contributed by atoms with E-state index in [0.717, 1.165) is 0 Å². The number of aliphatic hydroxyl groups is 1. The lowest BCUT2D eigenvalue weighted by atomic mass is 10.1. The van der Waals surface area contributed by atoms with Crippen LogP contribution in [-0.4, -0.2) is 36.1 Å². The summed E-state index contributed by atoms with van der Waals surface area (Å²) < 4.78 is 0. The Bertz CT molecular complexity index is 577. The predicted molar refractivity (Wildman–Crippen MR) is 90.4 cm³/mol. The lowest BCUT2D eigenvalue weighted by Crippen LogP contribution is -2.37. The van der Waals surface area contributed by atoms with Crippen LogP contribution in [0.5, 0.6) is 0 Å². The first-order chi connectivity index (χ1) is 10.9. The van der Waals surface area contributed by atoms with Gasteiger partial charge in [0.25, 0.3) is 0 Å². The van der Waals surface area contributed by atoms with Crippen molar-refractivity contribution in [3.63, 3.8) is 0 Å². The summed E-state index contributed by atoms with van der Waals surface area (Å²) in [6, 6.07) is 7.10. The van der Waals surface area contributed by atoms with Crippen molar-refractivity contribution in [2.75, 3.05) is 18.0 Å². The Morgan fingerprint density at radius 2 is 2.13 bits per heavy atom. The van der Waals surface area contributed by atoms with E-state index in [0.29, 0.717) is 29.6 Å². The minimum Gasteiger partial charge on any atom is -0.391 e. The average Bonchev–Trinajstić information content (AvgIpc) is 2.86. The van der Waals surface area contributed by atoms with Crippen molar-refractivity contribution >= 4 is 29.1 Å². The van der Waals surface area contributed by atoms with E-state index in [1.54, 1.807) is 23.1 Å². The number of para-hydroxylation sites is 1. The second-order valence-corrected chi connectivity index (χ2v) is 6.79. The van der Waals surface area contributed by atoms with Gasteiger partial charge in [0.05, 0.1) is 22.7 Å². The summed E-state index contributed by atoms with van der Waals surface area (Å²) in [5, 5.41) is 13.1. The van der Waals surface area contributed by atoms with E-state index in [1.165, 1.54) is 0 Å². The highest BCUT2D eigenvalue weighted by Gasteiger charge is 2.35. The van der Waals surface area contributed by atoms with Crippen molar-refractivity contribution in [3.8, 4) is 0 Å². The van der Waals surface area contributed by atoms with Gasteiger partial charge < -0.3 is 15.3 Å². The van der Waals surface area contributed by atoms with Gasteiger partial charge in [0, 0.05) is 19.5 Å². The minimum absolute atomic E-state index is 0.110. The van der Waals surface area contributed by atoms with E-state index in [9.17, 15) is 14.7 Å². The van der Waals surface area contributed by atoms with Crippen LogP contribution < -0.4 is 10.2 Å². The zero-order valence-corrected chi connectivity index (χ0v) is 14.2. The molecule has 1 saturated heterocycles. The number of halogens is 1. The first kappa shape index (κ1) is 17.8. The molecule has 1 heterocycles. The second kappa shape index (κ2) is 7.79. The Kier molecular flexibility index (Phi) is 6.02. The molecule has 1 aromatic carbocycles. The molecule has 0 aliphatic carbocycles. The third kappa shape index (κ3) is 4.69. The number of aliphatic hydroxyl groups excluding tert-OH is 1. The molecule has 0 radical (unpaired) electrons. The number of hydrogen-bond acceptors (Lipinski definition) is 3. The Morgan fingerprint density at radius 3 is 2.78 bits per heavy atom. The third-order valence-corrected chi connectivity index (χ3v) is 4.21. The predicted octanol–water partition coefficient (Wildman–Crippen LogP) is 2.22. The van der Waals surface area contributed by atoms with Crippen molar-refractivity contribution in [2.24, 2.45) is 11.8 Å². The monoisotopic (exact) mass is 338 g/mol. The van der Waals surface area contributed by atoms with Crippen LogP contribution in [0.3, 0.4) is 0 Å². The zero-order valence-electron chi connectivity index (χ0n) is 13.5. The molecule has 0 aromatic heterocycles. The summed E-state index contributed by atoms with van der Waals surface area (Å²) in [7, 11) is 0. The number of amides is 2. The van der Waals surface area contributed by atoms with Crippen LogP contribution in [0.4, 0.5) is 5.69 Å². The fourth-order valence-corrected chi connectivity index (χ4v) is 3.01. The number of carbonyl (C=O) groups excluding carboxylic acids is 2. The van der Waals surface area contributed by atoms with Crippen LogP contribution in [-0.2, 0) is 9.59 Å². The van der Waals surface area contributed by atoms with Gasteiger partial charge in [-0.25, -0.2) is 0 Å². The molecule has 23 heavy (non-hydrogen) atoms. The Balaban J connectivity index is 1.92. The number of nitrogens with one attached hydrogen (secondary N) is 1. The zero-order chi connectivity index (χ0) is 17.0. The van der Waals surface area contributed by atoms with Crippen LogP contribution in [0.1, 0.15) is 26.7 Å². The van der Waals surface area contributed by atoms with E-state index in [-0.39, 0.29) is 24.8 Å². The summed E-state index contributed by atoms with van der Waals surface area (Å²) in [6.45, 7) is 4.56. The fourth-order valence-electron chi connectivity index (χ4n) is 2.78. The Hall–Kier alpha value is -1.59. The van der Waals surface area contributed by atoms with Gasteiger partial charge in [-0.15, -0.1) is 0 Å². The van der Waals surface area contributed by atoms with Gasteiger partial charge in [-0.05, 0) is 24.5 Å². The van der Waals surface area contributed by atoms with Crippen molar-refractivity contribution in [1.82, 2.24) is 5.32 Å². The average molecular weight is 339 g/mol. The van der Waals surface area contributed by atoms with Crippen molar-refractivity contribution < 1.29 is 14.7 Å². The molecule has 0 bridgehead atoms. The number of carbonyl (C=O) groups is 2. The molecular weight excluding hydrogens is 316 g/mol. The van der Waals surface area contributed by atoms with Crippen LogP contribution >= 0.6 is 11.6 Å². The topological polar surface area (TPSA) is 69.6 Å². The highest BCUT2D eigenvalue weighted by molar-refractivity contribution is 6.33. The molecule has 2 unspecified atom stereocenters. The number of hydrogen-bond donors (Lipinski definition) is 2. The lowest BCUT2D eigenvalue weighted by molar-refractivity contribution is -0.126. The maximum Gasteiger partial charge on any atom is 0.227 e. The molecule has 5 nitrogen and oxygen atoms in total. The standard InChI is InChI=1S/C17H23ClN2O3/c1-11(2)7-13(21)9-19-17(23)12-8-16(22)20(10-12)15-6-4-3-5-14(15)18/h3-6,11-13,21H,7-10H2,1-2H3,(H,19,23). The third-order valence-electron chi connectivity index (χ3n) is 3.89. The first-order valence-electron chi connectivity index (χ1n) is 7.89. The number of rotatable bonds is 6. The summed E-state index contributed by atoms with van der Waals surface area (Å²) >= 11 is 6.12. The van der Waals surface area contributed by atoms with E-state index < -0.39 is 12.0 Å². The molecule has 2 N–H and O–H groups in total. The normalized spacial score (nSPS) is 19.3. The van der Waals surface area contributed by atoms with Crippen molar-refractivity contribution in [3.05, 3.63) is 29.3 Å². The van der Waals surface area contributed by atoms with Crippen LogP contribution in [0.2, 0.25) is 5.02 Å². The molecule has 2 amide bonds. The minimum atomic E-state index is -0.560. The number of anilines is 1. The molecule has 126 valence electrons. The summed E-state index contributed by atoms with van der Waals surface area (Å²) in [5.74, 6) is -0.354. The maximum atomic E-state index is 12.2. The van der Waals surface area contributed by atoms with E-state index in [2.05, 4.69) is 5.32 Å². The Morgan fingerprint density at radius 1 is 1.43 bits per heavy atom. The molecule has 1 aliphatic heterocycles. The van der Waals surface area contributed by atoms with Gasteiger partial charge in [-0.1, -0.05) is 37.6 Å². The highest BCUT2D eigenvalue weighted by Crippen LogP contribution is 2.30. The van der Waals surface area contributed by atoms with Gasteiger partial charge in [-0.3, -0.25) is 9.59 Å². The molecule has 1 fully saturated rings. The van der Waals surface area contributed by atoms with Crippen molar-refractivity contribution in [2.45, 2.75) is 32.8 Å². The molecular formula is C17H23ClN2O3. The van der Waals surface area contributed by atoms with Gasteiger partial charge in [0.2, 0.25) is 11.8 Å². The maximum absolute atomic E-state index is 12.2. The van der Waals surface area contributed by atoms with Gasteiger partial charge in [0.15, 0.2) is 0 Å². The quantitative estimate of drug-likeness (QED) is 0.835. The van der Waals surface area contributed by atoms with Crippen LogP contribution in [0, 0.1) is 11.8 Å². The first-order valence-corrected chi connectivity index (χ1v) is 8.27. The summed E-state index contributed by atoms with van der Waals surface area (Å²) in [4.78, 5) is 25.9. The molecule has 1 aromatic rings. The van der Waals surface area contributed by atoms with Gasteiger partial charge >= 0.3 is 0 Å². The Labute approximate surface area is 141 Å². The smallest absolute Gasteiger partial charge is 0.227 e. The summed E-state index contributed by atoms with van der Waals surface area (Å²) in [5.41, 5.74) is 0.634. The van der Waals surface area contributed by atoms with Crippen LogP contribution in [0.15, 0.2) is 24.3 Å². The van der Waals surface area contributed by atoms with Gasteiger partial charge in [-0.2, -0.15) is 0 Å². The second-order valence-electron chi connectivity index (χ2n) is 6.39. The van der Waals surface area contributed by atoms with E-state index >= 15 is 0 Å².